The Labute approximate surface area is 114 Å². The molecule has 0 aliphatic carbocycles. The van der Waals surface area contributed by atoms with Gasteiger partial charge in [-0.25, -0.2) is 0 Å². The largest absolute Gasteiger partial charge is 0.387 e. The Kier molecular flexibility index (Phi) is 5.75. The average molecular weight is 271 g/mol. The molecule has 0 aromatic rings. The first kappa shape index (κ1) is 15.9. The summed E-state index contributed by atoms with van der Waals surface area (Å²) in [6.07, 6.45) is 1.58. The van der Waals surface area contributed by atoms with Gasteiger partial charge in [0, 0.05) is 26.7 Å². The molecule has 1 rings (SSSR count). The normalized spacial score (nSPS) is 17.7. The zero-order valence-corrected chi connectivity index (χ0v) is 12.1. The Morgan fingerprint density at radius 3 is 2.53 bits per heavy atom. The number of hydrogen-bond acceptors (Lipinski definition) is 4. The van der Waals surface area contributed by atoms with Crippen molar-refractivity contribution in [2.45, 2.75) is 32.3 Å². The SMILES string of the molecule is CCCNC(=O)CN(C)C(=O)CN1CC(O)(CC)C1. The molecule has 19 heavy (non-hydrogen) atoms. The third kappa shape index (κ3) is 4.80. The molecule has 0 spiro atoms. The van der Waals surface area contributed by atoms with Crippen molar-refractivity contribution in [1.29, 1.82) is 0 Å². The van der Waals surface area contributed by atoms with E-state index < -0.39 is 5.60 Å². The smallest absolute Gasteiger partial charge is 0.239 e. The number of nitrogens with one attached hydrogen (secondary N) is 1. The number of rotatable bonds is 7. The van der Waals surface area contributed by atoms with E-state index in [0.717, 1.165) is 6.42 Å². The second-order valence-electron chi connectivity index (χ2n) is 5.32. The van der Waals surface area contributed by atoms with E-state index in [1.807, 2.05) is 18.7 Å². The van der Waals surface area contributed by atoms with Crippen LogP contribution in [-0.4, -0.2) is 72.1 Å². The van der Waals surface area contributed by atoms with Crippen LogP contribution in [-0.2, 0) is 9.59 Å². The van der Waals surface area contributed by atoms with Gasteiger partial charge in [0.2, 0.25) is 11.8 Å². The molecule has 0 aromatic heterocycles. The quantitative estimate of drug-likeness (QED) is 0.650. The van der Waals surface area contributed by atoms with Crippen molar-refractivity contribution in [3.8, 4) is 0 Å². The Bertz CT molecular complexity index is 327. The number of carbonyl (C=O) groups excluding carboxylic acids is 2. The van der Waals surface area contributed by atoms with Crippen LogP contribution in [0.1, 0.15) is 26.7 Å². The van der Waals surface area contributed by atoms with Crippen LogP contribution >= 0.6 is 0 Å². The first-order chi connectivity index (χ1) is 8.90. The standard InChI is InChI=1S/C13H25N3O3/c1-4-6-14-11(17)7-15(3)12(18)8-16-9-13(19,5-2)10-16/h19H,4-10H2,1-3H3,(H,14,17). The molecule has 110 valence electrons. The number of carbonyl (C=O) groups is 2. The van der Waals surface area contributed by atoms with E-state index in [4.69, 9.17) is 0 Å². The molecule has 1 heterocycles. The van der Waals surface area contributed by atoms with E-state index in [-0.39, 0.29) is 24.9 Å². The first-order valence-electron chi connectivity index (χ1n) is 6.85. The molecule has 1 aliphatic rings. The van der Waals surface area contributed by atoms with Crippen LogP contribution in [0.25, 0.3) is 0 Å². The molecule has 1 aliphatic heterocycles. The fourth-order valence-corrected chi connectivity index (χ4v) is 2.06. The lowest BCUT2D eigenvalue weighted by Crippen LogP contribution is -2.63. The zero-order valence-electron chi connectivity index (χ0n) is 12.1. The van der Waals surface area contributed by atoms with Crippen LogP contribution in [0.15, 0.2) is 0 Å². The van der Waals surface area contributed by atoms with Crippen molar-refractivity contribution in [3.63, 3.8) is 0 Å². The lowest BCUT2D eigenvalue weighted by atomic mass is 9.91. The van der Waals surface area contributed by atoms with Gasteiger partial charge in [-0.05, 0) is 12.8 Å². The molecule has 0 aromatic carbocycles. The van der Waals surface area contributed by atoms with Crippen LogP contribution in [0.5, 0.6) is 0 Å². The Balaban J connectivity index is 2.24. The van der Waals surface area contributed by atoms with Gasteiger partial charge in [-0.1, -0.05) is 13.8 Å². The summed E-state index contributed by atoms with van der Waals surface area (Å²) in [6, 6.07) is 0. The van der Waals surface area contributed by atoms with Crippen molar-refractivity contribution in [2.75, 3.05) is 39.8 Å². The van der Waals surface area contributed by atoms with Crippen LogP contribution < -0.4 is 5.32 Å². The summed E-state index contributed by atoms with van der Waals surface area (Å²) in [5.41, 5.74) is -0.628. The van der Waals surface area contributed by atoms with Gasteiger partial charge in [-0.2, -0.15) is 0 Å². The number of likely N-dealkylation sites (tertiary alicyclic amines) is 1. The third-order valence-electron chi connectivity index (χ3n) is 3.43. The summed E-state index contributed by atoms with van der Waals surface area (Å²) in [5, 5.41) is 12.6. The Morgan fingerprint density at radius 2 is 2.00 bits per heavy atom. The molecule has 1 fully saturated rings. The molecule has 2 amide bonds. The summed E-state index contributed by atoms with van der Waals surface area (Å²) in [4.78, 5) is 26.7. The monoisotopic (exact) mass is 271 g/mol. The molecule has 0 bridgehead atoms. The lowest BCUT2D eigenvalue weighted by Gasteiger charge is -2.46. The van der Waals surface area contributed by atoms with E-state index in [0.29, 0.717) is 26.1 Å². The summed E-state index contributed by atoms with van der Waals surface area (Å²) < 4.78 is 0. The van der Waals surface area contributed by atoms with Gasteiger partial charge in [0.25, 0.3) is 0 Å². The number of likely N-dealkylation sites (N-methyl/N-ethyl adjacent to an activating group) is 1. The predicted octanol–water partition coefficient (Wildman–Crippen LogP) is -0.572. The highest BCUT2D eigenvalue weighted by molar-refractivity contribution is 5.85. The van der Waals surface area contributed by atoms with Gasteiger partial charge >= 0.3 is 0 Å². The van der Waals surface area contributed by atoms with E-state index in [2.05, 4.69) is 5.32 Å². The van der Waals surface area contributed by atoms with Gasteiger partial charge in [0.05, 0.1) is 18.7 Å². The molecule has 0 saturated carbocycles. The van der Waals surface area contributed by atoms with Gasteiger partial charge in [0.15, 0.2) is 0 Å². The number of β-amino-alcohol motifs (C(OH)–C–C–N with tert-alkyl or cyclic N) is 1. The second kappa shape index (κ2) is 6.86. The number of amides is 2. The summed E-state index contributed by atoms with van der Waals surface area (Å²) in [7, 11) is 1.62. The van der Waals surface area contributed by atoms with Gasteiger partial charge in [-0.15, -0.1) is 0 Å². The molecule has 0 radical (unpaired) electrons. The fraction of sp³-hybridized carbons (Fsp3) is 0.846. The zero-order chi connectivity index (χ0) is 14.5. The number of aliphatic hydroxyl groups is 1. The maximum absolute atomic E-state index is 11.9. The lowest BCUT2D eigenvalue weighted by molar-refractivity contribution is -0.143. The fourth-order valence-electron chi connectivity index (χ4n) is 2.06. The minimum atomic E-state index is -0.628. The van der Waals surface area contributed by atoms with Crippen molar-refractivity contribution in [1.82, 2.24) is 15.1 Å². The van der Waals surface area contributed by atoms with Crippen molar-refractivity contribution in [2.24, 2.45) is 0 Å². The predicted molar refractivity (Wildman–Crippen MR) is 72.6 cm³/mol. The molecule has 0 unspecified atom stereocenters. The Morgan fingerprint density at radius 1 is 1.37 bits per heavy atom. The molecule has 6 nitrogen and oxygen atoms in total. The van der Waals surface area contributed by atoms with E-state index in [1.54, 1.807) is 7.05 Å². The van der Waals surface area contributed by atoms with Crippen LogP contribution in [0.2, 0.25) is 0 Å². The molecule has 0 atom stereocenters. The number of nitrogens with zero attached hydrogens (tertiary/aromatic N) is 2. The molecule has 1 saturated heterocycles. The van der Waals surface area contributed by atoms with Gasteiger partial charge in [0.1, 0.15) is 0 Å². The van der Waals surface area contributed by atoms with Crippen molar-refractivity contribution in [3.05, 3.63) is 0 Å². The van der Waals surface area contributed by atoms with Crippen molar-refractivity contribution < 1.29 is 14.7 Å². The van der Waals surface area contributed by atoms with Crippen LogP contribution in [0, 0.1) is 0 Å². The van der Waals surface area contributed by atoms with Gasteiger partial charge in [-0.3, -0.25) is 14.5 Å². The Hall–Kier alpha value is -1.14. The highest BCUT2D eigenvalue weighted by Gasteiger charge is 2.40. The minimum Gasteiger partial charge on any atom is -0.387 e. The second-order valence-corrected chi connectivity index (χ2v) is 5.32. The maximum atomic E-state index is 11.9. The molecule has 6 heteroatoms. The number of hydrogen-bond donors (Lipinski definition) is 2. The highest BCUT2D eigenvalue weighted by atomic mass is 16.3. The molecule has 2 N–H and O–H groups in total. The van der Waals surface area contributed by atoms with E-state index >= 15 is 0 Å². The average Bonchev–Trinajstić information content (AvgIpc) is 2.33. The minimum absolute atomic E-state index is 0.0880. The highest BCUT2D eigenvalue weighted by Crippen LogP contribution is 2.23. The first-order valence-corrected chi connectivity index (χ1v) is 6.85. The topological polar surface area (TPSA) is 72.9 Å². The maximum Gasteiger partial charge on any atom is 0.239 e. The van der Waals surface area contributed by atoms with Gasteiger partial charge < -0.3 is 15.3 Å². The summed E-state index contributed by atoms with van der Waals surface area (Å²) in [5.74, 6) is -0.226. The van der Waals surface area contributed by atoms with E-state index in [1.165, 1.54) is 4.90 Å². The summed E-state index contributed by atoms with van der Waals surface area (Å²) in [6.45, 7) is 5.97. The molecular weight excluding hydrogens is 246 g/mol. The van der Waals surface area contributed by atoms with Crippen LogP contribution in [0.3, 0.4) is 0 Å². The summed E-state index contributed by atoms with van der Waals surface area (Å²) >= 11 is 0. The van der Waals surface area contributed by atoms with E-state index in [9.17, 15) is 14.7 Å². The van der Waals surface area contributed by atoms with Crippen molar-refractivity contribution >= 4 is 11.8 Å². The molecular formula is C13H25N3O3. The third-order valence-corrected chi connectivity index (χ3v) is 3.43. The van der Waals surface area contributed by atoms with Crippen LogP contribution in [0.4, 0.5) is 0 Å².